The topological polar surface area (TPSA) is 38.1 Å². The van der Waals surface area contributed by atoms with Gasteiger partial charge in [0.15, 0.2) is 0 Å². The maximum Gasteiger partial charge on any atom is 0.123 e. The van der Waals surface area contributed by atoms with Gasteiger partial charge < -0.3 is 5.11 Å². The summed E-state index contributed by atoms with van der Waals surface area (Å²) in [6.45, 7) is 6.07. The molecule has 0 radical (unpaired) electrons. The van der Waals surface area contributed by atoms with E-state index in [-0.39, 0.29) is 23.3 Å². The molecule has 1 aromatic heterocycles. The number of aliphatic hydroxyl groups is 1. The molecule has 2 aliphatic rings. The van der Waals surface area contributed by atoms with Gasteiger partial charge in [0.1, 0.15) is 5.82 Å². The van der Waals surface area contributed by atoms with Crippen LogP contribution in [0.5, 0.6) is 0 Å². The van der Waals surface area contributed by atoms with Crippen molar-refractivity contribution in [2.75, 3.05) is 0 Å². The van der Waals surface area contributed by atoms with Gasteiger partial charge in [0.25, 0.3) is 0 Å². The van der Waals surface area contributed by atoms with E-state index in [4.69, 9.17) is 0 Å². The number of nitrogens with zero attached hydrogens (tertiary/aromatic N) is 2. The Morgan fingerprint density at radius 3 is 2.92 bits per heavy atom. The third-order valence-corrected chi connectivity index (χ3v) is 6.21. The monoisotopic (exact) mass is 352 g/mol. The second-order valence-electron chi connectivity index (χ2n) is 7.80. The highest BCUT2D eigenvalue weighted by Gasteiger charge is 2.45. The summed E-state index contributed by atoms with van der Waals surface area (Å²) in [4.78, 5) is 0. The van der Waals surface area contributed by atoms with Gasteiger partial charge in [-0.1, -0.05) is 18.6 Å². The Morgan fingerprint density at radius 1 is 1.42 bits per heavy atom. The standard InChI is InChI=1S/C22H25FN2O/c1-3-5-21(26)19-7-4-6-16-12-20-15(13-22(16,19)2)14-24-25(20)18-10-8-17(23)9-11-18/h3,8-12,14,19,21,26H,1,4-7,13H2,2H3/t19?,21-,22-/m0/s1. The number of halogens is 1. The zero-order valence-corrected chi connectivity index (χ0v) is 15.2. The summed E-state index contributed by atoms with van der Waals surface area (Å²) in [5.74, 6) is -0.00477. The molecule has 136 valence electrons. The Hall–Kier alpha value is -2.20. The summed E-state index contributed by atoms with van der Waals surface area (Å²) < 4.78 is 15.1. The first-order chi connectivity index (χ1) is 12.5. The average Bonchev–Trinajstić information content (AvgIpc) is 3.01. The molecule has 2 aromatic rings. The number of aromatic nitrogens is 2. The van der Waals surface area contributed by atoms with Crippen molar-refractivity contribution in [1.82, 2.24) is 9.78 Å². The summed E-state index contributed by atoms with van der Waals surface area (Å²) >= 11 is 0. The number of benzene rings is 1. The molecule has 1 heterocycles. The first kappa shape index (κ1) is 17.2. The number of hydrogen-bond donors (Lipinski definition) is 1. The predicted molar refractivity (Wildman–Crippen MR) is 101 cm³/mol. The van der Waals surface area contributed by atoms with Gasteiger partial charge in [-0.2, -0.15) is 5.10 Å². The second kappa shape index (κ2) is 6.51. The van der Waals surface area contributed by atoms with Gasteiger partial charge in [-0.05, 0) is 79.3 Å². The van der Waals surface area contributed by atoms with Gasteiger partial charge in [-0.3, -0.25) is 0 Å². The van der Waals surface area contributed by atoms with Crippen LogP contribution in [0, 0.1) is 17.2 Å². The molecule has 0 amide bonds. The number of aliphatic hydroxyl groups excluding tert-OH is 1. The maximum atomic E-state index is 13.2. The predicted octanol–water partition coefficient (Wildman–Crippen LogP) is 4.69. The first-order valence-corrected chi connectivity index (χ1v) is 9.36. The average molecular weight is 352 g/mol. The molecule has 4 heteroatoms. The highest BCUT2D eigenvalue weighted by molar-refractivity contribution is 5.61. The number of rotatable bonds is 4. The van der Waals surface area contributed by atoms with Gasteiger partial charge in [-0.25, -0.2) is 9.07 Å². The zero-order chi connectivity index (χ0) is 18.3. The van der Waals surface area contributed by atoms with Crippen molar-refractivity contribution in [3.63, 3.8) is 0 Å². The molecule has 26 heavy (non-hydrogen) atoms. The van der Waals surface area contributed by atoms with Gasteiger partial charge in [0.05, 0.1) is 23.7 Å². The minimum absolute atomic E-state index is 0.0374. The molecular formula is C22H25FN2O. The van der Waals surface area contributed by atoms with Crippen LogP contribution in [0.15, 0.2) is 48.7 Å². The van der Waals surface area contributed by atoms with Gasteiger partial charge >= 0.3 is 0 Å². The van der Waals surface area contributed by atoms with Crippen LogP contribution in [0.3, 0.4) is 0 Å². The van der Waals surface area contributed by atoms with Gasteiger partial charge in [-0.15, -0.1) is 6.58 Å². The summed E-state index contributed by atoms with van der Waals surface area (Å²) in [5.41, 5.74) is 4.51. The van der Waals surface area contributed by atoms with Crippen LogP contribution >= 0.6 is 0 Å². The van der Waals surface area contributed by atoms with E-state index in [0.717, 1.165) is 37.1 Å². The Bertz CT molecular complexity index is 852. The Morgan fingerprint density at radius 2 is 2.19 bits per heavy atom. The van der Waals surface area contributed by atoms with Crippen LogP contribution in [0.4, 0.5) is 4.39 Å². The molecule has 1 fully saturated rings. The second-order valence-corrected chi connectivity index (χ2v) is 7.80. The summed E-state index contributed by atoms with van der Waals surface area (Å²) in [7, 11) is 0. The van der Waals surface area contributed by atoms with Crippen molar-refractivity contribution < 1.29 is 9.50 Å². The molecule has 1 unspecified atom stereocenters. The smallest absolute Gasteiger partial charge is 0.123 e. The summed E-state index contributed by atoms with van der Waals surface area (Å²) in [6.07, 6.45) is 10.3. The van der Waals surface area contributed by atoms with E-state index in [1.54, 1.807) is 12.1 Å². The van der Waals surface area contributed by atoms with Crippen molar-refractivity contribution in [2.24, 2.45) is 11.3 Å². The molecule has 0 spiro atoms. The van der Waals surface area contributed by atoms with E-state index in [1.807, 2.05) is 17.0 Å². The summed E-state index contributed by atoms with van der Waals surface area (Å²) in [5, 5.41) is 15.2. The van der Waals surface area contributed by atoms with E-state index >= 15 is 0 Å². The lowest BCUT2D eigenvalue weighted by Crippen LogP contribution is -2.43. The van der Waals surface area contributed by atoms with Crippen LogP contribution in [0.2, 0.25) is 0 Å². The Labute approximate surface area is 153 Å². The Kier molecular flexibility index (Phi) is 4.31. The lowest BCUT2D eigenvalue weighted by atomic mass is 9.58. The third-order valence-electron chi connectivity index (χ3n) is 6.21. The molecule has 2 aliphatic carbocycles. The number of allylic oxidation sites excluding steroid dienone is 1. The third kappa shape index (κ3) is 2.73. The highest BCUT2D eigenvalue weighted by atomic mass is 19.1. The molecule has 1 N–H and O–H groups in total. The lowest BCUT2D eigenvalue weighted by Gasteiger charge is -2.47. The minimum Gasteiger partial charge on any atom is -0.392 e. The number of hydrogen-bond acceptors (Lipinski definition) is 2. The normalized spacial score (nSPS) is 25.8. The fourth-order valence-electron chi connectivity index (χ4n) is 4.82. The maximum absolute atomic E-state index is 13.2. The van der Waals surface area contributed by atoms with Crippen molar-refractivity contribution in [2.45, 2.75) is 45.1 Å². The molecular weight excluding hydrogens is 327 g/mol. The van der Waals surface area contributed by atoms with Crippen LogP contribution in [0.1, 0.15) is 43.9 Å². The molecule has 1 saturated carbocycles. The van der Waals surface area contributed by atoms with Crippen molar-refractivity contribution in [3.8, 4) is 5.69 Å². The van der Waals surface area contributed by atoms with E-state index in [9.17, 15) is 9.50 Å². The van der Waals surface area contributed by atoms with E-state index in [1.165, 1.54) is 23.3 Å². The van der Waals surface area contributed by atoms with Gasteiger partial charge in [0.2, 0.25) is 0 Å². The largest absolute Gasteiger partial charge is 0.392 e. The SMILES string of the molecule is C=CC[C@H](O)C1CCCC2=Cc3c(cnn3-c3ccc(F)cc3)C[C@@]21C. The molecule has 4 rings (SSSR count). The fourth-order valence-corrected chi connectivity index (χ4v) is 4.82. The highest BCUT2D eigenvalue weighted by Crippen LogP contribution is 2.52. The van der Waals surface area contributed by atoms with E-state index < -0.39 is 0 Å². The zero-order valence-electron chi connectivity index (χ0n) is 15.2. The molecule has 0 aliphatic heterocycles. The van der Waals surface area contributed by atoms with Gasteiger partial charge in [0, 0.05) is 0 Å². The molecule has 0 saturated heterocycles. The van der Waals surface area contributed by atoms with Crippen LogP contribution in [0.25, 0.3) is 11.8 Å². The minimum atomic E-state index is -0.352. The van der Waals surface area contributed by atoms with E-state index in [2.05, 4.69) is 24.7 Å². The lowest BCUT2D eigenvalue weighted by molar-refractivity contribution is 0.0251. The quantitative estimate of drug-likeness (QED) is 0.811. The van der Waals surface area contributed by atoms with Crippen LogP contribution in [-0.4, -0.2) is 21.0 Å². The summed E-state index contributed by atoms with van der Waals surface area (Å²) in [6, 6.07) is 6.44. The molecule has 0 bridgehead atoms. The van der Waals surface area contributed by atoms with Crippen LogP contribution < -0.4 is 0 Å². The fraction of sp³-hybridized carbons (Fsp3) is 0.409. The van der Waals surface area contributed by atoms with E-state index in [0.29, 0.717) is 6.42 Å². The van der Waals surface area contributed by atoms with Crippen molar-refractivity contribution >= 4 is 6.08 Å². The Balaban J connectivity index is 1.73. The first-order valence-electron chi connectivity index (χ1n) is 9.36. The molecule has 3 nitrogen and oxygen atoms in total. The van der Waals surface area contributed by atoms with Crippen LogP contribution in [-0.2, 0) is 6.42 Å². The van der Waals surface area contributed by atoms with Crippen molar-refractivity contribution in [1.29, 1.82) is 0 Å². The molecule has 3 atom stereocenters. The van der Waals surface area contributed by atoms with Crippen molar-refractivity contribution in [3.05, 3.63) is 65.8 Å². The number of fused-ring (bicyclic) bond motifs is 2. The molecule has 1 aromatic carbocycles.